The number of rotatable bonds is 5. The summed E-state index contributed by atoms with van der Waals surface area (Å²) in [6, 6.07) is 2.48. The molecule has 18 heavy (non-hydrogen) atoms. The summed E-state index contributed by atoms with van der Waals surface area (Å²) in [4.78, 5) is 4.27. The Kier molecular flexibility index (Phi) is 3.81. The maximum atomic E-state index is 5.69. The molecule has 5 heteroatoms. The van der Waals surface area contributed by atoms with Crippen molar-refractivity contribution in [1.82, 2.24) is 20.1 Å². The predicted molar refractivity (Wildman–Crippen MR) is 70.3 cm³/mol. The average Bonchev–Trinajstić information content (AvgIpc) is 2.87. The van der Waals surface area contributed by atoms with Gasteiger partial charge in [0.25, 0.3) is 0 Å². The summed E-state index contributed by atoms with van der Waals surface area (Å²) in [6.07, 6.45) is 2.54. The van der Waals surface area contributed by atoms with Gasteiger partial charge in [-0.3, -0.25) is 4.68 Å². The fraction of sp³-hybridized carbons (Fsp3) is 0.538. The molecule has 2 heterocycles. The van der Waals surface area contributed by atoms with Crippen LogP contribution >= 0.6 is 0 Å². The molecule has 98 valence electrons. The van der Waals surface area contributed by atoms with Gasteiger partial charge >= 0.3 is 0 Å². The van der Waals surface area contributed by atoms with Gasteiger partial charge < -0.3 is 9.73 Å². The van der Waals surface area contributed by atoms with Crippen LogP contribution in [0.25, 0.3) is 11.5 Å². The highest BCUT2D eigenvalue weighted by Crippen LogP contribution is 2.19. The number of aryl methyl sites for hydroxylation is 2. The Balaban J connectivity index is 2.01. The fourth-order valence-electron chi connectivity index (χ4n) is 1.69. The van der Waals surface area contributed by atoms with Crippen LogP contribution in [0.1, 0.15) is 25.4 Å². The first kappa shape index (κ1) is 12.8. The Morgan fingerprint density at radius 2 is 2.22 bits per heavy atom. The van der Waals surface area contributed by atoms with Gasteiger partial charge in [0.05, 0.1) is 6.20 Å². The van der Waals surface area contributed by atoms with E-state index in [0.717, 1.165) is 36.0 Å². The number of oxazole rings is 1. The van der Waals surface area contributed by atoms with E-state index in [1.807, 2.05) is 24.7 Å². The molecule has 0 aliphatic carbocycles. The van der Waals surface area contributed by atoms with Gasteiger partial charge in [-0.1, -0.05) is 13.8 Å². The third-order valence-electron chi connectivity index (χ3n) is 2.81. The van der Waals surface area contributed by atoms with E-state index in [-0.39, 0.29) is 0 Å². The highest BCUT2D eigenvalue weighted by Gasteiger charge is 2.10. The van der Waals surface area contributed by atoms with E-state index < -0.39 is 0 Å². The quantitative estimate of drug-likeness (QED) is 0.878. The van der Waals surface area contributed by atoms with E-state index in [2.05, 4.69) is 29.2 Å². The van der Waals surface area contributed by atoms with Gasteiger partial charge in [-0.15, -0.1) is 0 Å². The molecule has 1 N–H and O–H groups in total. The molecule has 2 aromatic rings. The molecule has 0 bridgehead atoms. The first-order valence-corrected chi connectivity index (χ1v) is 6.25. The van der Waals surface area contributed by atoms with Crippen molar-refractivity contribution >= 4 is 0 Å². The summed E-state index contributed by atoms with van der Waals surface area (Å²) in [5.74, 6) is 1.49. The molecular weight excluding hydrogens is 228 g/mol. The van der Waals surface area contributed by atoms with Crippen molar-refractivity contribution in [2.75, 3.05) is 6.54 Å². The van der Waals surface area contributed by atoms with Crippen molar-refractivity contribution in [2.24, 2.45) is 7.05 Å². The lowest BCUT2D eigenvalue weighted by molar-refractivity contribution is 0.483. The summed E-state index contributed by atoms with van der Waals surface area (Å²) in [5.41, 5.74) is 1.94. The standard InChI is InChI=1S/C13H20N4O/c1-9(2)14-6-5-13-15-8-12(18-13)11-7-10(3)17(4)16-11/h7-9,14H,5-6H2,1-4H3. The minimum Gasteiger partial charge on any atom is -0.439 e. The Hall–Kier alpha value is -1.62. The molecule has 0 saturated heterocycles. The van der Waals surface area contributed by atoms with Crippen LogP contribution < -0.4 is 5.32 Å². The summed E-state index contributed by atoms with van der Waals surface area (Å²) >= 11 is 0. The van der Waals surface area contributed by atoms with Crippen LogP contribution in [-0.2, 0) is 13.5 Å². The monoisotopic (exact) mass is 248 g/mol. The molecule has 0 fully saturated rings. The molecule has 0 aliphatic heterocycles. The lowest BCUT2D eigenvalue weighted by atomic mass is 10.3. The van der Waals surface area contributed by atoms with Gasteiger partial charge in [-0.25, -0.2) is 4.98 Å². The molecule has 0 aliphatic rings. The molecular formula is C13H20N4O. The Morgan fingerprint density at radius 3 is 2.83 bits per heavy atom. The zero-order chi connectivity index (χ0) is 13.1. The Bertz CT molecular complexity index is 493. The number of nitrogens with zero attached hydrogens (tertiary/aromatic N) is 3. The van der Waals surface area contributed by atoms with E-state index >= 15 is 0 Å². The van der Waals surface area contributed by atoms with E-state index in [1.165, 1.54) is 0 Å². The van der Waals surface area contributed by atoms with Crippen molar-refractivity contribution in [1.29, 1.82) is 0 Å². The Labute approximate surface area is 107 Å². The lowest BCUT2D eigenvalue weighted by Gasteiger charge is -2.05. The highest BCUT2D eigenvalue weighted by atomic mass is 16.4. The van der Waals surface area contributed by atoms with Gasteiger partial charge in [0.15, 0.2) is 11.7 Å². The fourth-order valence-corrected chi connectivity index (χ4v) is 1.69. The summed E-state index contributed by atoms with van der Waals surface area (Å²) in [7, 11) is 1.92. The van der Waals surface area contributed by atoms with Gasteiger partial charge in [0, 0.05) is 31.7 Å². The molecule has 0 radical (unpaired) electrons. The summed E-state index contributed by atoms with van der Waals surface area (Å²) in [6.45, 7) is 7.13. The number of hydrogen-bond donors (Lipinski definition) is 1. The second-order valence-corrected chi connectivity index (χ2v) is 4.77. The van der Waals surface area contributed by atoms with Gasteiger partial charge in [-0.05, 0) is 13.0 Å². The maximum absolute atomic E-state index is 5.69. The van der Waals surface area contributed by atoms with Crippen molar-refractivity contribution in [2.45, 2.75) is 33.2 Å². The van der Waals surface area contributed by atoms with Crippen LogP contribution in [0.3, 0.4) is 0 Å². The largest absolute Gasteiger partial charge is 0.439 e. The summed E-state index contributed by atoms with van der Waals surface area (Å²) in [5, 5.41) is 7.71. The molecule has 0 saturated carbocycles. The molecule has 0 unspecified atom stereocenters. The van der Waals surface area contributed by atoms with Crippen molar-refractivity contribution in [3.63, 3.8) is 0 Å². The lowest BCUT2D eigenvalue weighted by Crippen LogP contribution is -2.24. The minimum absolute atomic E-state index is 0.484. The molecule has 5 nitrogen and oxygen atoms in total. The van der Waals surface area contributed by atoms with Crippen LogP contribution in [0.4, 0.5) is 0 Å². The topological polar surface area (TPSA) is 55.9 Å². The second kappa shape index (κ2) is 5.35. The van der Waals surface area contributed by atoms with Crippen molar-refractivity contribution in [3.8, 4) is 11.5 Å². The smallest absolute Gasteiger partial charge is 0.196 e. The molecule has 0 amide bonds. The molecule has 2 rings (SSSR count). The SMILES string of the molecule is Cc1cc(-c2cnc(CCNC(C)C)o2)nn1C. The van der Waals surface area contributed by atoms with Gasteiger partial charge in [0.2, 0.25) is 0 Å². The van der Waals surface area contributed by atoms with Crippen LogP contribution in [-0.4, -0.2) is 27.4 Å². The maximum Gasteiger partial charge on any atom is 0.196 e. The van der Waals surface area contributed by atoms with Crippen molar-refractivity contribution in [3.05, 3.63) is 23.8 Å². The van der Waals surface area contributed by atoms with Gasteiger partial charge in [-0.2, -0.15) is 5.10 Å². The van der Waals surface area contributed by atoms with E-state index in [4.69, 9.17) is 4.42 Å². The number of nitrogens with one attached hydrogen (secondary N) is 1. The van der Waals surface area contributed by atoms with Crippen molar-refractivity contribution < 1.29 is 4.42 Å². The number of hydrogen-bond acceptors (Lipinski definition) is 4. The first-order chi connectivity index (χ1) is 8.56. The van der Waals surface area contributed by atoms with Crippen LogP contribution in [0, 0.1) is 6.92 Å². The minimum atomic E-state index is 0.484. The summed E-state index contributed by atoms with van der Waals surface area (Å²) < 4.78 is 7.52. The van der Waals surface area contributed by atoms with E-state index in [9.17, 15) is 0 Å². The zero-order valence-electron chi connectivity index (χ0n) is 11.4. The van der Waals surface area contributed by atoms with Crippen LogP contribution in [0.15, 0.2) is 16.7 Å². The normalized spacial score (nSPS) is 11.4. The van der Waals surface area contributed by atoms with E-state index in [1.54, 1.807) is 6.20 Å². The van der Waals surface area contributed by atoms with E-state index in [0.29, 0.717) is 6.04 Å². The molecule has 2 aromatic heterocycles. The zero-order valence-corrected chi connectivity index (χ0v) is 11.4. The third kappa shape index (κ3) is 2.98. The average molecular weight is 248 g/mol. The molecule has 0 atom stereocenters. The highest BCUT2D eigenvalue weighted by molar-refractivity contribution is 5.50. The number of aromatic nitrogens is 3. The van der Waals surface area contributed by atoms with Gasteiger partial charge in [0.1, 0.15) is 5.69 Å². The van der Waals surface area contributed by atoms with Crippen LogP contribution in [0.2, 0.25) is 0 Å². The first-order valence-electron chi connectivity index (χ1n) is 6.25. The molecule has 0 aromatic carbocycles. The second-order valence-electron chi connectivity index (χ2n) is 4.77. The third-order valence-corrected chi connectivity index (χ3v) is 2.81. The molecule has 0 spiro atoms. The van der Waals surface area contributed by atoms with Crippen LogP contribution in [0.5, 0.6) is 0 Å². The Morgan fingerprint density at radius 1 is 1.44 bits per heavy atom. The predicted octanol–water partition coefficient (Wildman–Crippen LogP) is 1.92.